The third kappa shape index (κ3) is 1.67. The molecule has 0 atom stereocenters. The minimum atomic E-state index is -0.00694. The Morgan fingerprint density at radius 1 is 1.23 bits per heavy atom. The summed E-state index contributed by atoms with van der Waals surface area (Å²) >= 11 is 3.36. The van der Waals surface area contributed by atoms with Gasteiger partial charge in [0.2, 0.25) is 0 Å². The van der Waals surface area contributed by atoms with E-state index < -0.39 is 0 Å². The van der Waals surface area contributed by atoms with E-state index in [2.05, 4.69) is 26.6 Å². The highest BCUT2D eigenvalue weighted by atomic mass is 79.9. The maximum Gasteiger partial charge on any atom is 0.253 e. The van der Waals surface area contributed by atoms with E-state index in [-0.39, 0.29) is 5.91 Å². The molecule has 0 spiro atoms. The van der Waals surface area contributed by atoms with Crippen LogP contribution in [0.3, 0.4) is 0 Å². The van der Waals surface area contributed by atoms with Gasteiger partial charge in [0, 0.05) is 23.2 Å². The molecule has 0 aliphatic carbocycles. The van der Waals surface area contributed by atoms with E-state index in [0.717, 1.165) is 16.7 Å². The molecule has 0 saturated carbocycles. The molecule has 68 valence electrons. The predicted octanol–water partition coefficient (Wildman–Crippen LogP) is 1.60. The lowest BCUT2D eigenvalue weighted by Gasteiger charge is -2.05. The second-order valence-electron chi connectivity index (χ2n) is 2.87. The molecule has 3 nitrogen and oxygen atoms in total. The third-order valence-electron chi connectivity index (χ3n) is 1.95. The van der Waals surface area contributed by atoms with Crippen molar-refractivity contribution in [3.63, 3.8) is 0 Å². The molecule has 2 rings (SSSR count). The molecule has 13 heavy (non-hydrogen) atoms. The SMILES string of the molecule is O=C1NCCNc2cc(Br)ccc21. The number of carbonyl (C=O) groups excluding carboxylic acids is 1. The molecule has 0 aromatic heterocycles. The normalized spacial score (nSPS) is 15.3. The molecule has 0 saturated heterocycles. The van der Waals surface area contributed by atoms with Crippen LogP contribution < -0.4 is 10.6 Å². The Kier molecular flexibility index (Phi) is 2.22. The molecule has 1 aromatic rings. The largest absolute Gasteiger partial charge is 0.383 e. The number of nitrogens with one attached hydrogen (secondary N) is 2. The molecule has 4 heteroatoms. The van der Waals surface area contributed by atoms with E-state index >= 15 is 0 Å². The highest BCUT2D eigenvalue weighted by molar-refractivity contribution is 9.10. The standard InChI is InChI=1S/C9H9BrN2O/c10-6-1-2-7-8(5-6)11-3-4-12-9(7)13/h1-2,5,11H,3-4H2,(H,12,13). The van der Waals surface area contributed by atoms with Crippen LogP contribution >= 0.6 is 15.9 Å². The first-order valence-electron chi connectivity index (χ1n) is 4.09. The van der Waals surface area contributed by atoms with Crippen molar-refractivity contribution in [1.29, 1.82) is 0 Å². The van der Waals surface area contributed by atoms with Crippen LogP contribution in [0.25, 0.3) is 0 Å². The molecule has 1 amide bonds. The lowest BCUT2D eigenvalue weighted by Crippen LogP contribution is -2.24. The highest BCUT2D eigenvalue weighted by Crippen LogP contribution is 2.22. The Bertz CT molecular complexity index is 351. The number of benzene rings is 1. The fraction of sp³-hybridized carbons (Fsp3) is 0.222. The van der Waals surface area contributed by atoms with Gasteiger partial charge in [-0.15, -0.1) is 0 Å². The zero-order chi connectivity index (χ0) is 9.26. The zero-order valence-corrected chi connectivity index (χ0v) is 8.52. The van der Waals surface area contributed by atoms with Crippen molar-refractivity contribution in [2.75, 3.05) is 18.4 Å². The Morgan fingerprint density at radius 3 is 2.85 bits per heavy atom. The molecule has 1 aliphatic rings. The fourth-order valence-electron chi connectivity index (χ4n) is 1.33. The van der Waals surface area contributed by atoms with E-state index in [9.17, 15) is 4.79 Å². The van der Waals surface area contributed by atoms with E-state index in [4.69, 9.17) is 0 Å². The molecule has 1 aromatic carbocycles. The molecule has 0 unspecified atom stereocenters. The average Bonchev–Trinajstić information content (AvgIpc) is 2.28. The smallest absolute Gasteiger partial charge is 0.253 e. The number of hydrogen-bond donors (Lipinski definition) is 2. The fourth-order valence-corrected chi connectivity index (χ4v) is 1.69. The maximum absolute atomic E-state index is 11.5. The summed E-state index contributed by atoms with van der Waals surface area (Å²) in [6, 6.07) is 5.60. The highest BCUT2D eigenvalue weighted by Gasteiger charge is 2.13. The summed E-state index contributed by atoms with van der Waals surface area (Å²) < 4.78 is 0.980. The number of carbonyl (C=O) groups is 1. The van der Waals surface area contributed by atoms with E-state index in [1.54, 1.807) is 0 Å². The molecule has 0 bridgehead atoms. The molecule has 1 heterocycles. The van der Waals surface area contributed by atoms with Gasteiger partial charge in [-0.25, -0.2) is 0 Å². The van der Waals surface area contributed by atoms with Crippen LogP contribution in [-0.4, -0.2) is 19.0 Å². The summed E-state index contributed by atoms with van der Waals surface area (Å²) in [5.41, 5.74) is 1.60. The van der Waals surface area contributed by atoms with Gasteiger partial charge in [0.1, 0.15) is 0 Å². The lowest BCUT2D eigenvalue weighted by atomic mass is 10.2. The van der Waals surface area contributed by atoms with Gasteiger partial charge in [-0.2, -0.15) is 0 Å². The summed E-state index contributed by atoms with van der Waals surface area (Å²) in [4.78, 5) is 11.5. The van der Waals surface area contributed by atoms with Crippen LogP contribution in [0, 0.1) is 0 Å². The van der Waals surface area contributed by atoms with Crippen molar-refractivity contribution in [1.82, 2.24) is 5.32 Å². The molecular weight excluding hydrogens is 232 g/mol. The zero-order valence-electron chi connectivity index (χ0n) is 6.93. The Balaban J connectivity index is 2.48. The van der Waals surface area contributed by atoms with Gasteiger partial charge in [0.15, 0.2) is 0 Å². The van der Waals surface area contributed by atoms with E-state index in [1.165, 1.54) is 0 Å². The van der Waals surface area contributed by atoms with Crippen LogP contribution in [-0.2, 0) is 0 Å². The average molecular weight is 241 g/mol. The van der Waals surface area contributed by atoms with Crippen molar-refractivity contribution < 1.29 is 4.79 Å². The number of rotatable bonds is 0. The molecular formula is C9H9BrN2O. The van der Waals surface area contributed by atoms with Crippen LogP contribution in [0.1, 0.15) is 10.4 Å². The number of fused-ring (bicyclic) bond motifs is 1. The summed E-state index contributed by atoms with van der Waals surface area (Å²) in [6.07, 6.45) is 0. The topological polar surface area (TPSA) is 41.1 Å². The molecule has 0 fully saturated rings. The number of hydrogen-bond acceptors (Lipinski definition) is 2. The first-order valence-corrected chi connectivity index (χ1v) is 4.88. The Hall–Kier alpha value is -1.03. The molecule has 0 radical (unpaired) electrons. The van der Waals surface area contributed by atoms with Crippen LogP contribution in [0.4, 0.5) is 5.69 Å². The van der Waals surface area contributed by atoms with Crippen molar-refractivity contribution in [3.05, 3.63) is 28.2 Å². The third-order valence-corrected chi connectivity index (χ3v) is 2.45. The summed E-state index contributed by atoms with van der Waals surface area (Å²) in [5, 5.41) is 5.99. The van der Waals surface area contributed by atoms with Gasteiger partial charge < -0.3 is 10.6 Å². The van der Waals surface area contributed by atoms with E-state index in [1.807, 2.05) is 18.2 Å². The van der Waals surface area contributed by atoms with Gasteiger partial charge >= 0.3 is 0 Å². The summed E-state index contributed by atoms with van der Waals surface area (Å²) in [7, 11) is 0. The maximum atomic E-state index is 11.5. The quantitative estimate of drug-likeness (QED) is 0.724. The first-order chi connectivity index (χ1) is 6.27. The predicted molar refractivity (Wildman–Crippen MR) is 55.0 cm³/mol. The summed E-state index contributed by atoms with van der Waals surface area (Å²) in [6.45, 7) is 1.44. The van der Waals surface area contributed by atoms with Gasteiger partial charge in [-0.05, 0) is 18.2 Å². The van der Waals surface area contributed by atoms with Crippen molar-refractivity contribution in [2.24, 2.45) is 0 Å². The molecule has 1 aliphatic heterocycles. The van der Waals surface area contributed by atoms with Crippen LogP contribution in [0.5, 0.6) is 0 Å². The number of halogens is 1. The van der Waals surface area contributed by atoms with Crippen LogP contribution in [0.15, 0.2) is 22.7 Å². The van der Waals surface area contributed by atoms with Gasteiger partial charge in [0.05, 0.1) is 5.56 Å². The van der Waals surface area contributed by atoms with Crippen LogP contribution in [0.2, 0.25) is 0 Å². The lowest BCUT2D eigenvalue weighted by molar-refractivity contribution is 0.0958. The minimum absolute atomic E-state index is 0.00694. The number of anilines is 1. The Morgan fingerprint density at radius 2 is 2.00 bits per heavy atom. The van der Waals surface area contributed by atoms with Crippen molar-refractivity contribution in [2.45, 2.75) is 0 Å². The second-order valence-corrected chi connectivity index (χ2v) is 3.79. The van der Waals surface area contributed by atoms with Gasteiger partial charge in [0.25, 0.3) is 5.91 Å². The second kappa shape index (κ2) is 3.38. The Labute approximate surface area is 84.6 Å². The number of amides is 1. The monoisotopic (exact) mass is 240 g/mol. The van der Waals surface area contributed by atoms with E-state index in [0.29, 0.717) is 12.1 Å². The van der Waals surface area contributed by atoms with Crippen molar-refractivity contribution in [3.8, 4) is 0 Å². The van der Waals surface area contributed by atoms with Gasteiger partial charge in [-0.1, -0.05) is 15.9 Å². The molecule has 2 N–H and O–H groups in total. The van der Waals surface area contributed by atoms with Gasteiger partial charge in [-0.3, -0.25) is 4.79 Å². The first kappa shape index (κ1) is 8.56. The summed E-state index contributed by atoms with van der Waals surface area (Å²) in [5.74, 6) is -0.00694. The minimum Gasteiger partial charge on any atom is -0.383 e. The van der Waals surface area contributed by atoms with Crippen molar-refractivity contribution >= 4 is 27.5 Å².